The molecule has 0 bridgehead atoms. The lowest BCUT2D eigenvalue weighted by molar-refractivity contribution is 0.173. The highest BCUT2D eigenvalue weighted by Gasteiger charge is 2.24. The Bertz CT molecular complexity index is 437. The van der Waals surface area contributed by atoms with Crippen molar-refractivity contribution in [3.05, 3.63) is 41.5 Å². The second-order valence-electron chi connectivity index (χ2n) is 5.32. The van der Waals surface area contributed by atoms with Crippen LogP contribution < -0.4 is 5.32 Å². The van der Waals surface area contributed by atoms with Crippen LogP contribution in [-0.2, 0) is 0 Å². The summed E-state index contributed by atoms with van der Waals surface area (Å²) in [7, 11) is 0. The fraction of sp³-hybridized carbons (Fsp3) is 0.500. The van der Waals surface area contributed by atoms with Gasteiger partial charge in [0.2, 0.25) is 0 Å². The minimum Gasteiger partial charge on any atom is -0.508 e. The van der Waals surface area contributed by atoms with E-state index in [1.165, 1.54) is 16.7 Å². The van der Waals surface area contributed by atoms with Crippen LogP contribution in [0.15, 0.2) is 24.8 Å². The van der Waals surface area contributed by atoms with Gasteiger partial charge in [-0.2, -0.15) is 0 Å². The van der Waals surface area contributed by atoms with Crippen molar-refractivity contribution in [1.29, 1.82) is 0 Å². The summed E-state index contributed by atoms with van der Waals surface area (Å²) in [5.74, 6) is 0.358. The normalized spacial score (nSPS) is 16.5. The van der Waals surface area contributed by atoms with Gasteiger partial charge in [-0.15, -0.1) is 31.4 Å². The summed E-state index contributed by atoms with van der Waals surface area (Å²) in [6.45, 7) is 12.3. The molecule has 1 aliphatic heterocycles. The third-order valence-corrected chi connectivity index (χ3v) is 3.89. The molecule has 2 N–H and O–H groups in total. The van der Waals surface area contributed by atoms with E-state index in [0.29, 0.717) is 11.8 Å². The Hall–Kier alpha value is -0.740. The van der Waals surface area contributed by atoms with E-state index in [4.69, 9.17) is 0 Å². The van der Waals surface area contributed by atoms with Crippen LogP contribution >= 0.6 is 24.8 Å². The first-order chi connectivity index (χ1) is 9.13. The number of rotatable bonds is 4. The molecule has 1 aromatic rings. The number of phenols is 1. The van der Waals surface area contributed by atoms with Gasteiger partial charge >= 0.3 is 0 Å². The number of hydrogen-bond acceptors (Lipinski definition) is 3. The Labute approximate surface area is 140 Å². The van der Waals surface area contributed by atoms with Gasteiger partial charge in [-0.25, -0.2) is 0 Å². The van der Waals surface area contributed by atoms with Crippen molar-refractivity contribution >= 4 is 24.8 Å². The molecule has 0 amide bonds. The van der Waals surface area contributed by atoms with Crippen LogP contribution in [0.2, 0.25) is 0 Å². The molecule has 0 spiro atoms. The van der Waals surface area contributed by atoms with E-state index in [1.54, 1.807) is 0 Å². The van der Waals surface area contributed by atoms with E-state index in [2.05, 4.69) is 30.6 Å². The van der Waals surface area contributed by atoms with E-state index < -0.39 is 0 Å². The van der Waals surface area contributed by atoms with Crippen molar-refractivity contribution in [2.45, 2.75) is 26.3 Å². The number of aryl methyl sites for hydroxylation is 2. The topological polar surface area (TPSA) is 35.5 Å². The molecule has 5 heteroatoms. The number of benzene rings is 1. The van der Waals surface area contributed by atoms with Gasteiger partial charge in [-0.05, 0) is 49.1 Å². The minimum absolute atomic E-state index is 0. The van der Waals surface area contributed by atoms with Crippen LogP contribution in [-0.4, -0.2) is 36.2 Å². The number of piperazine rings is 1. The Morgan fingerprint density at radius 2 is 1.76 bits per heavy atom. The molecule has 3 nitrogen and oxygen atoms in total. The van der Waals surface area contributed by atoms with Gasteiger partial charge in [-0.3, -0.25) is 4.90 Å². The molecule has 1 aromatic carbocycles. The highest BCUT2D eigenvalue weighted by Crippen LogP contribution is 2.32. The Kier molecular flexibility index (Phi) is 8.98. The van der Waals surface area contributed by atoms with E-state index >= 15 is 0 Å². The van der Waals surface area contributed by atoms with Crippen molar-refractivity contribution in [2.75, 3.05) is 26.2 Å². The lowest BCUT2D eigenvalue weighted by Gasteiger charge is -2.36. The third-order valence-electron chi connectivity index (χ3n) is 3.89. The molecule has 1 heterocycles. The first-order valence-corrected chi connectivity index (χ1v) is 6.99. The average Bonchev–Trinajstić information content (AvgIpc) is 2.37. The molecule has 120 valence electrons. The first-order valence-electron chi connectivity index (χ1n) is 6.99. The molecule has 0 unspecified atom stereocenters. The summed E-state index contributed by atoms with van der Waals surface area (Å²) in [6, 6.07) is 4.10. The van der Waals surface area contributed by atoms with Crippen LogP contribution in [0.1, 0.15) is 29.2 Å². The van der Waals surface area contributed by atoms with Gasteiger partial charge in [0, 0.05) is 32.2 Å². The lowest BCUT2D eigenvalue weighted by atomic mass is 9.92. The van der Waals surface area contributed by atoms with Gasteiger partial charge in [0.15, 0.2) is 0 Å². The largest absolute Gasteiger partial charge is 0.508 e. The Balaban J connectivity index is 0.00000200. The van der Waals surface area contributed by atoms with Gasteiger partial charge in [0.1, 0.15) is 5.75 Å². The highest BCUT2D eigenvalue weighted by atomic mass is 35.5. The van der Waals surface area contributed by atoms with Crippen LogP contribution in [0.3, 0.4) is 0 Å². The number of phenolic OH excluding ortho intramolecular Hbond substituents is 1. The molecule has 1 fully saturated rings. The SMILES string of the molecule is C=CC[C@H](c1c(C)cc(O)cc1C)N1CCNCC1.Cl.Cl. The van der Waals surface area contributed by atoms with Gasteiger partial charge in [-0.1, -0.05) is 6.08 Å². The van der Waals surface area contributed by atoms with E-state index in [-0.39, 0.29) is 24.8 Å². The second-order valence-corrected chi connectivity index (χ2v) is 5.32. The first kappa shape index (κ1) is 20.3. The molecule has 2 rings (SSSR count). The van der Waals surface area contributed by atoms with Gasteiger partial charge in [0.05, 0.1) is 0 Å². The summed E-state index contributed by atoms with van der Waals surface area (Å²) in [5, 5.41) is 13.1. The standard InChI is InChI=1S/C16H24N2O.2ClH/c1-4-5-15(18-8-6-17-7-9-18)16-12(2)10-14(19)11-13(16)3;;/h4,10-11,15,17,19H,1,5-9H2,2-3H3;2*1H/t15-;;/m1../s1. The molecule has 1 saturated heterocycles. The maximum atomic E-state index is 9.70. The number of nitrogens with zero attached hydrogens (tertiary/aromatic N) is 1. The molecular weight excluding hydrogens is 307 g/mol. The fourth-order valence-corrected chi connectivity index (χ4v) is 3.08. The maximum absolute atomic E-state index is 9.70. The van der Waals surface area contributed by atoms with Crippen LogP contribution in [0, 0.1) is 13.8 Å². The molecule has 21 heavy (non-hydrogen) atoms. The maximum Gasteiger partial charge on any atom is 0.116 e. The second kappa shape index (κ2) is 9.31. The van der Waals surface area contributed by atoms with E-state index in [0.717, 1.165) is 32.6 Å². The molecule has 0 aliphatic carbocycles. The molecule has 1 atom stereocenters. The molecular formula is C16H26Cl2N2O. The zero-order valence-electron chi connectivity index (χ0n) is 12.8. The van der Waals surface area contributed by atoms with E-state index in [1.807, 2.05) is 18.2 Å². The summed E-state index contributed by atoms with van der Waals surface area (Å²) in [6.07, 6.45) is 2.95. The zero-order valence-corrected chi connectivity index (χ0v) is 14.4. The average molecular weight is 333 g/mol. The minimum atomic E-state index is 0. The summed E-state index contributed by atoms with van der Waals surface area (Å²) in [5.41, 5.74) is 3.69. The molecule has 1 aliphatic rings. The lowest BCUT2D eigenvalue weighted by Crippen LogP contribution is -2.45. The monoisotopic (exact) mass is 332 g/mol. The molecule has 0 aromatic heterocycles. The Morgan fingerprint density at radius 1 is 1.24 bits per heavy atom. The van der Waals surface area contributed by atoms with Crippen molar-refractivity contribution in [3.8, 4) is 5.75 Å². The van der Waals surface area contributed by atoms with Crippen molar-refractivity contribution in [1.82, 2.24) is 10.2 Å². The van der Waals surface area contributed by atoms with E-state index in [9.17, 15) is 5.11 Å². The fourth-order valence-electron chi connectivity index (χ4n) is 3.08. The highest BCUT2D eigenvalue weighted by molar-refractivity contribution is 5.85. The summed E-state index contributed by atoms with van der Waals surface area (Å²) in [4.78, 5) is 2.52. The summed E-state index contributed by atoms with van der Waals surface area (Å²) < 4.78 is 0. The molecule has 0 radical (unpaired) electrons. The van der Waals surface area contributed by atoms with Crippen molar-refractivity contribution in [2.24, 2.45) is 0 Å². The smallest absolute Gasteiger partial charge is 0.116 e. The molecule has 0 saturated carbocycles. The number of nitrogens with one attached hydrogen (secondary N) is 1. The predicted molar refractivity (Wildman–Crippen MR) is 94.1 cm³/mol. The summed E-state index contributed by atoms with van der Waals surface area (Å²) >= 11 is 0. The number of hydrogen-bond donors (Lipinski definition) is 2. The third kappa shape index (κ3) is 4.89. The van der Waals surface area contributed by atoms with Gasteiger partial charge < -0.3 is 10.4 Å². The van der Waals surface area contributed by atoms with Crippen molar-refractivity contribution in [3.63, 3.8) is 0 Å². The van der Waals surface area contributed by atoms with Crippen LogP contribution in [0.4, 0.5) is 0 Å². The predicted octanol–water partition coefficient (Wildman–Crippen LogP) is 3.38. The van der Waals surface area contributed by atoms with Crippen molar-refractivity contribution < 1.29 is 5.11 Å². The zero-order chi connectivity index (χ0) is 13.8. The number of halogens is 2. The Morgan fingerprint density at radius 3 is 2.24 bits per heavy atom. The van der Waals surface area contributed by atoms with Crippen LogP contribution in [0.25, 0.3) is 0 Å². The van der Waals surface area contributed by atoms with Gasteiger partial charge in [0.25, 0.3) is 0 Å². The number of aromatic hydroxyl groups is 1. The van der Waals surface area contributed by atoms with Crippen LogP contribution in [0.5, 0.6) is 5.75 Å². The quantitative estimate of drug-likeness (QED) is 0.830.